The molecule has 0 aliphatic carbocycles. The van der Waals surface area contributed by atoms with Crippen LogP contribution in [0.15, 0.2) is 29.9 Å². The van der Waals surface area contributed by atoms with E-state index >= 15 is 0 Å². The van der Waals surface area contributed by atoms with E-state index in [0.717, 1.165) is 51.9 Å². The summed E-state index contributed by atoms with van der Waals surface area (Å²) in [4.78, 5) is 28.2. The van der Waals surface area contributed by atoms with E-state index < -0.39 is 0 Å². The molecule has 0 bridgehead atoms. The van der Waals surface area contributed by atoms with Gasteiger partial charge in [-0.05, 0) is 56.9 Å². The van der Waals surface area contributed by atoms with E-state index in [1.807, 2.05) is 25.7 Å². The zero-order valence-corrected chi connectivity index (χ0v) is 18.0. The van der Waals surface area contributed by atoms with E-state index in [-0.39, 0.29) is 5.91 Å². The maximum absolute atomic E-state index is 13.0. The summed E-state index contributed by atoms with van der Waals surface area (Å²) in [6, 6.07) is 6.30. The Kier molecular flexibility index (Phi) is 4.58. The van der Waals surface area contributed by atoms with Crippen molar-refractivity contribution in [2.45, 2.75) is 40.0 Å². The van der Waals surface area contributed by atoms with Gasteiger partial charge in [-0.1, -0.05) is 6.07 Å². The Morgan fingerprint density at radius 3 is 2.87 bits per heavy atom. The second-order valence-electron chi connectivity index (χ2n) is 7.62. The number of fused-ring (bicyclic) bond motifs is 2. The van der Waals surface area contributed by atoms with Gasteiger partial charge in [-0.2, -0.15) is 10.1 Å². The summed E-state index contributed by atoms with van der Waals surface area (Å²) in [7, 11) is 0. The molecule has 1 aromatic carbocycles. The van der Waals surface area contributed by atoms with Gasteiger partial charge in [0.25, 0.3) is 5.78 Å². The lowest BCUT2D eigenvalue weighted by Crippen LogP contribution is -2.29. The molecule has 0 N–H and O–H groups in total. The van der Waals surface area contributed by atoms with Gasteiger partial charge in [-0.25, -0.2) is 14.5 Å². The van der Waals surface area contributed by atoms with Crippen LogP contribution in [0.5, 0.6) is 0 Å². The van der Waals surface area contributed by atoms with Crippen LogP contribution in [0.1, 0.15) is 33.9 Å². The van der Waals surface area contributed by atoms with Crippen molar-refractivity contribution in [1.82, 2.24) is 24.6 Å². The lowest BCUT2D eigenvalue weighted by Gasteiger charge is -2.18. The first-order valence-electron chi connectivity index (χ1n) is 10.0. The van der Waals surface area contributed by atoms with Crippen molar-refractivity contribution in [3.8, 4) is 11.3 Å². The molecule has 0 saturated heterocycles. The second-order valence-corrected chi connectivity index (χ2v) is 8.69. The highest BCUT2D eigenvalue weighted by atomic mass is 32.1. The smallest absolute Gasteiger partial charge is 0.252 e. The molecule has 0 radical (unpaired) electrons. The summed E-state index contributed by atoms with van der Waals surface area (Å²) in [6.45, 7) is 6.71. The number of thiazole rings is 1. The average molecular weight is 419 g/mol. The summed E-state index contributed by atoms with van der Waals surface area (Å²) in [5.41, 5.74) is 7.32. The van der Waals surface area contributed by atoms with Crippen LogP contribution in [-0.4, -0.2) is 37.0 Å². The molecule has 30 heavy (non-hydrogen) atoms. The monoisotopic (exact) mass is 418 g/mol. The Labute approximate surface area is 178 Å². The van der Waals surface area contributed by atoms with Crippen molar-refractivity contribution >= 4 is 28.7 Å². The molecule has 5 rings (SSSR count). The van der Waals surface area contributed by atoms with Crippen molar-refractivity contribution in [1.29, 1.82) is 0 Å². The number of carbonyl (C=O) groups excluding carboxylic acids is 1. The number of anilines is 1. The Balaban J connectivity index is 1.34. The van der Waals surface area contributed by atoms with Crippen LogP contribution in [0.2, 0.25) is 0 Å². The third kappa shape index (κ3) is 3.17. The number of benzene rings is 1. The molecule has 0 saturated carbocycles. The number of aromatic nitrogens is 5. The van der Waals surface area contributed by atoms with E-state index in [1.54, 1.807) is 15.9 Å². The van der Waals surface area contributed by atoms with Gasteiger partial charge in [0, 0.05) is 41.0 Å². The zero-order valence-electron chi connectivity index (χ0n) is 17.2. The van der Waals surface area contributed by atoms with E-state index in [2.05, 4.69) is 43.6 Å². The minimum atomic E-state index is 0.142. The third-order valence-electron chi connectivity index (χ3n) is 5.77. The van der Waals surface area contributed by atoms with Gasteiger partial charge < -0.3 is 4.90 Å². The Morgan fingerprint density at radius 1 is 1.20 bits per heavy atom. The standard InChI is InChI=1S/C22H22N6OS/c1-13-18(14(2)28-22(25-13)23-12-24-28)5-7-21(29)27-9-8-17-10-16(4-6-20(17)27)19-11-30-15(3)26-19/h4,6,10-12H,5,7-9H2,1-3H3. The van der Waals surface area contributed by atoms with Crippen LogP contribution in [0.3, 0.4) is 0 Å². The molecule has 0 unspecified atom stereocenters. The maximum Gasteiger partial charge on any atom is 0.252 e. The lowest BCUT2D eigenvalue weighted by molar-refractivity contribution is -0.118. The van der Waals surface area contributed by atoms with Crippen LogP contribution in [0, 0.1) is 20.8 Å². The summed E-state index contributed by atoms with van der Waals surface area (Å²) < 4.78 is 1.74. The Hall–Kier alpha value is -3.13. The molecule has 8 heteroatoms. The molecule has 0 atom stereocenters. The highest BCUT2D eigenvalue weighted by Crippen LogP contribution is 2.33. The third-order valence-corrected chi connectivity index (χ3v) is 6.54. The number of amides is 1. The fraction of sp³-hybridized carbons (Fsp3) is 0.318. The first-order valence-corrected chi connectivity index (χ1v) is 10.9. The highest BCUT2D eigenvalue weighted by molar-refractivity contribution is 7.09. The molecule has 152 valence electrons. The maximum atomic E-state index is 13.0. The summed E-state index contributed by atoms with van der Waals surface area (Å²) in [6.07, 6.45) is 3.46. The van der Waals surface area contributed by atoms with Gasteiger partial charge in [0.15, 0.2) is 0 Å². The fourth-order valence-corrected chi connectivity index (χ4v) is 4.82. The zero-order chi connectivity index (χ0) is 20.8. The van der Waals surface area contributed by atoms with E-state index in [9.17, 15) is 4.79 Å². The van der Waals surface area contributed by atoms with Gasteiger partial charge in [-0.15, -0.1) is 11.3 Å². The van der Waals surface area contributed by atoms with E-state index in [0.29, 0.717) is 18.6 Å². The van der Waals surface area contributed by atoms with E-state index in [4.69, 9.17) is 0 Å². The molecule has 0 fully saturated rings. The predicted molar refractivity (Wildman–Crippen MR) is 117 cm³/mol. The lowest BCUT2D eigenvalue weighted by atomic mass is 10.1. The second kappa shape index (κ2) is 7.28. The van der Waals surface area contributed by atoms with Crippen LogP contribution in [0.4, 0.5) is 5.69 Å². The SMILES string of the molecule is Cc1nc(-c2ccc3c(c2)CCN3C(=O)CCc2c(C)nc3ncnn3c2C)cs1. The number of nitrogens with zero attached hydrogens (tertiary/aromatic N) is 6. The normalized spacial score (nSPS) is 13.2. The van der Waals surface area contributed by atoms with Crippen LogP contribution >= 0.6 is 11.3 Å². The van der Waals surface area contributed by atoms with Gasteiger partial charge in [0.2, 0.25) is 5.91 Å². The number of hydrogen-bond acceptors (Lipinski definition) is 6. The van der Waals surface area contributed by atoms with Crippen molar-refractivity contribution in [3.05, 3.63) is 57.4 Å². The quantitative estimate of drug-likeness (QED) is 0.505. The van der Waals surface area contributed by atoms with Crippen molar-refractivity contribution in [2.24, 2.45) is 0 Å². The summed E-state index contributed by atoms with van der Waals surface area (Å²) in [5, 5.41) is 7.38. The molecule has 7 nitrogen and oxygen atoms in total. The minimum absolute atomic E-state index is 0.142. The average Bonchev–Trinajstić information content (AvgIpc) is 3.46. The van der Waals surface area contributed by atoms with E-state index in [1.165, 1.54) is 11.9 Å². The van der Waals surface area contributed by atoms with Crippen LogP contribution < -0.4 is 4.90 Å². The van der Waals surface area contributed by atoms with Gasteiger partial charge in [0.1, 0.15) is 6.33 Å². The van der Waals surface area contributed by atoms with Gasteiger partial charge in [-0.3, -0.25) is 4.79 Å². The topological polar surface area (TPSA) is 76.3 Å². The molecule has 0 spiro atoms. The Morgan fingerprint density at radius 2 is 2.07 bits per heavy atom. The fourth-order valence-electron chi connectivity index (χ4n) is 4.20. The molecular weight excluding hydrogens is 396 g/mol. The van der Waals surface area contributed by atoms with Crippen molar-refractivity contribution in [2.75, 3.05) is 11.4 Å². The summed E-state index contributed by atoms with van der Waals surface area (Å²) in [5.74, 6) is 0.739. The molecule has 1 aliphatic heterocycles. The minimum Gasteiger partial charge on any atom is -0.312 e. The van der Waals surface area contributed by atoms with Crippen molar-refractivity contribution < 1.29 is 4.79 Å². The molecule has 4 heterocycles. The largest absolute Gasteiger partial charge is 0.312 e. The van der Waals surface area contributed by atoms with Crippen molar-refractivity contribution in [3.63, 3.8) is 0 Å². The predicted octanol–water partition coefficient (Wildman–Crippen LogP) is 3.69. The highest BCUT2D eigenvalue weighted by Gasteiger charge is 2.25. The summed E-state index contributed by atoms with van der Waals surface area (Å²) >= 11 is 1.66. The molecule has 4 aromatic rings. The van der Waals surface area contributed by atoms with Crippen LogP contribution in [-0.2, 0) is 17.6 Å². The first-order chi connectivity index (χ1) is 14.5. The van der Waals surface area contributed by atoms with Gasteiger partial charge in [0.05, 0.1) is 10.7 Å². The number of rotatable bonds is 4. The number of hydrogen-bond donors (Lipinski definition) is 0. The number of carbonyl (C=O) groups is 1. The molecule has 3 aromatic heterocycles. The molecular formula is C22H22N6OS. The first kappa shape index (κ1) is 18.9. The van der Waals surface area contributed by atoms with Gasteiger partial charge >= 0.3 is 0 Å². The molecule has 1 amide bonds. The number of aryl methyl sites for hydroxylation is 3. The molecule has 1 aliphatic rings. The Bertz CT molecular complexity index is 1270. The van der Waals surface area contributed by atoms with Crippen LogP contribution in [0.25, 0.3) is 17.0 Å².